The third-order valence-electron chi connectivity index (χ3n) is 4.93. The van der Waals surface area contributed by atoms with E-state index in [1.807, 2.05) is 0 Å². The first-order valence-electron chi connectivity index (χ1n) is 7.56. The molecular weight excluding hydrogens is 314 g/mol. The summed E-state index contributed by atoms with van der Waals surface area (Å²) in [5.74, 6) is -2.74. The first-order chi connectivity index (χ1) is 11.5. The Morgan fingerprint density at radius 3 is 2.88 bits per heavy atom. The van der Waals surface area contributed by atoms with Crippen LogP contribution in [-0.4, -0.2) is 48.3 Å². The molecule has 7 heteroatoms. The second-order valence-electron chi connectivity index (χ2n) is 6.11. The van der Waals surface area contributed by atoms with Crippen LogP contribution in [0.3, 0.4) is 0 Å². The van der Waals surface area contributed by atoms with Crippen LogP contribution in [0.2, 0.25) is 0 Å². The van der Waals surface area contributed by atoms with Crippen molar-refractivity contribution in [1.29, 1.82) is 0 Å². The maximum Gasteiger partial charge on any atom is 0.337 e. The van der Waals surface area contributed by atoms with Gasteiger partial charge in [0.25, 0.3) is 0 Å². The summed E-state index contributed by atoms with van der Waals surface area (Å²) in [4.78, 5) is 38.4. The molecule has 1 aromatic rings. The highest BCUT2D eigenvalue weighted by Crippen LogP contribution is 2.52. The van der Waals surface area contributed by atoms with Crippen molar-refractivity contribution in [2.75, 3.05) is 18.6 Å². The molecule has 4 atom stereocenters. The summed E-state index contributed by atoms with van der Waals surface area (Å²) in [6.07, 6.45) is 2.88. The first-order valence-corrected chi connectivity index (χ1v) is 7.56. The maximum atomic E-state index is 12.9. The normalized spacial score (nSPS) is 33.2. The first kappa shape index (κ1) is 15.0. The molecule has 1 aromatic carbocycles. The molecule has 0 aromatic heterocycles. The van der Waals surface area contributed by atoms with Gasteiger partial charge in [-0.3, -0.25) is 9.59 Å². The lowest BCUT2D eigenvalue weighted by molar-refractivity contribution is -0.128. The Balaban J connectivity index is 1.73. The largest absolute Gasteiger partial charge is 0.465 e. The number of fused-ring (bicyclic) bond motifs is 5. The van der Waals surface area contributed by atoms with Gasteiger partial charge in [-0.2, -0.15) is 0 Å². The zero-order valence-electron chi connectivity index (χ0n) is 12.8. The number of ether oxygens (including phenoxy) is 2. The van der Waals surface area contributed by atoms with Crippen molar-refractivity contribution >= 4 is 23.5 Å². The Morgan fingerprint density at radius 1 is 1.38 bits per heavy atom. The molecule has 7 nitrogen and oxygen atoms in total. The SMILES string of the molecule is COC(=O)c1cccc(N2C(=O)[C@H]3[C@@H](C2=O)[C@@]2(CO)C=C[C@H]3O2)c1. The summed E-state index contributed by atoms with van der Waals surface area (Å²) in [5, 5.41) is 9.68. The van der Waals surface area contributed by atoms with Gasteiger partial charge in [0.1, 0.15) is 5.60 Å². The van der Waals surface area contributed by atoms with E-state index in [-0.39, 0.29) is 18.1 Å². The van der Waals surface area contributed by atoms with Gasteiger partial charge in [0.15, 0.2) is 0 Å². The predicted octanol–water partition coefficient (Wildman–Crippen LogP) is 0.278. The molecule has 0 spiro atoms. The molecule has 24 heavy (non-hydrogen) atoms. The Bertz CT molecular complexity index is 787. The summed E-state index contributed by atoms with van der Waals surface area (Å²) < 4.78 is 10.3. The van der Waals surface area contributed by atoms with Crippen molar-refractivity contribution in [3.8, 4) is 0 Å². The maximum absolute atomic E-state index is 12.9. The summed E-state index contributed by atoms with van der Waals surface area (Å²) in [6, 6.07) is 6.17. The number of carbonyl (C=O) groups excluding carboxylic acids is 3. The number of methoxy groups -OCH3 is 1. The van der Waals surface area contributed by atoms with Crippen LogP contribution in [0.25, 0.3) is 0 Å². The number of carbonyl (C=O) groups is 3. The average Bonchev–Trinajstić information content (AvgIpc) is 3.25. The number of anilines is 1. The molecule has 1 N–H and O–H groups in total. The molecule has 3 aliphatic heterocycles. The summed E-state index contributed by atoms with van der Waals surface area (Å²) in [7, 11) is 1.26. The van der Waals surface area contributed by atoms with Crippen molar-refractivity contribution in [2.24, 2.45) is 11.8 Å². The van der Waals surface area contributed by atoms with Gasteiger partial charge < -0.3 is 14.6 Å². The van der Waals surface area contributed by atoms with E-state index in [9.17, 15) is 19.5 Å². The zero-order chi connectivity index (χ0) is 17.1. The molecule has 2 saturated heterocycles. The minimum absolute atomic E-state index is 0.252. The molecule has 0 aliphatic carbocycles. The van der Waals surface area contributed by atoms with Crippen molar-refractivity contribution in [3.63, 3.8) is 0 Å². The van der Waals surface area contributed by atoms with Crippen LogP contribution in [0.15, 0.2) is 36.4 Å². The third-order valence-corrected chi connectivity index (χ3v) is 4.93. The Hall–Kier alpha value is -2.51. The number of aliphatic hydroxyl groups is 1. The number of hydrogen-bond acceptors (Lipinski definition) is 6. The fraction of sp³-hybridized carbons (Fsp3) is 0.353. The Labute approximate surface area is 137 Å². The van der Waals surface area contributed by atoms with Gasteiger partial charge in [-0.25, -0.2) is 9.69 Å². The van der Waals surface area contributed by atoms with Crippen LogP contribution in [0.5, 0.6) is 0 Å². The Kier molecular flexibility index (Phi) is 3.13. The number of imide groups is 1. The minimum atomic E-state index is -1.13. The highest BCUT2D eigenvalue weighted by atomic mass is 16.5. The monoisotopic (exact) mass is 329 g/mol. The fourth-order valence-electron chi connectivity index (χ4n) is 3.83. The molecule has 3 aliphatic rings. The lowest BCUT2D eigenvalue weighted by Gasteiger charge is -2.26. The Morgan fingerprint density at radius 2 is 2.17 bits per heavy atom. The minimum Gasteiger partial charge on any atom is -0.465 e. The summed E-state index contributed by atoms with van der Waals surface area (Å²) in [6.45, 7) is -0.365. The molecule has 2 amide bonds. The van der Waals surface area contributed by atoms with Gasteiger partial charge in [0, 0.05) is 0 Å². The van der Waals surface area contributed by atoms with Gasteiger partial charge in [-0.05, 0) is 18.2 Å². The smallest absolute Gasteiger partial charge is 0.337 e. The van der Waals surface area contributed by atoms with Gasteiger partial charge in [0.05, 0.1) is 42.9 Å². The highest BCUT2D eigenvalue weighted by molar-refractivity contribution is 6.23. The van der Waals surface area contributed by atoms with Crippen LogP contribution >= 0.6 is 0 Å². The van der Waals surface area contributed by atoms with E-state index in [0.29, 0.717) is 5.69 Å². The number of rotatable bonds is 3. The lowest BCUT2D eigenvalue weighted by Crippen LogP contribution is -2.43. The molecule has 2 bridgehead atoms. The van der Waals surface area contributed by atoms with E-state index < -0.39 is 35.4 Å². The third kappa shape index (κ3) is 1.76. The number of amides is 2. The van der Waals surface area contributed by atoms with E-state index in [1.165, 1.54) is 13.2 Å². The van der Waals surface area contributed by atoms with Crippen LogP contribution in [0, 0.1) is 11.8 Å². The van der Waals surface area contributed by atoms with E-state index >= 15 is 0 Å². The number of hydrogen-bond donors (Lipinski definition) is 1. The second-order valence-corrected chi connectivity index (χ2v) is 6.11. The van der Waals surface area contributed by atoms with Crippen molar-refractivity contribution in [1.82, 2.24) is 0 Å². The number of nitrogens with zero attached hydrogens (tertiary/aromatic N) is 1. The van der Waals surface area contributed by atoms with Gasteiger partial charge in [-0.15, -0.1) is 0 Å². The second kappa shape index (κ2) is 4.99. The van der Waals surface area contributed by atoms with Crippen LogP contribution in [0.4, 0.5) is 5.69 Å². The quantitative estimate of drug-likeness (QED) is 0.486. The molecule has 4 rings (SSSR count). The highest BCUT2D eigenvalue weighted by Gasteiger charge is 2.67. The molecule has 0 radical (unpaired) electrons. The molecule has 124 valence electrons. The van der Waals surface area contributed by atoms with Crippen molar-refractivity contribution in [3.05, 3.63) is 42.0 Å². The van der Waals surface area contributed by atoms with Crippen molar-refractivity contribution in [2.45, 2.75) is 11.7 Å². The number of esters is 1. The van der Waals surface area contributed by atoms with Gasteiger partial charge >= 0.3 is 5.97 Å². The molecule has 0 saturated carbocycles. The van der Waals surface area contributed by atoms with Crippen LogP contribution < -0.4 is 4.90 Å². The molecular formula is C17H15NO6. The van der Waals surface area contributed by atoms with E-state index in [0.717, 1.165) is 4.90 Å². The van der Waals surface area contributed by atoms with E-state index in [4.69, 9.17) is 4.74 Å². The molecule has 0 unspecified atom stereocenters. The van der Waals surface area contributed by atoms with Crippen LogP contribution in [0.1, 0.15) is 10.4 Å². The van der Waals surface area contributed by atoms with Crippen molar-refractivity contribution < 1.29 is 29.0 Å². The molecule has 2 fully saturated rings. The fourth-order valence-corrected chi connectivity index (χ4v) is 3.83. The predicted molar refractivity (Wildman–Crippen MR) is 81.1 cm³/mol. The lowest BCUT2D eigenvalue weighted by atomic mass is 9.77. The van der Waals surface area contributed by atoms with Gasteiger partial charge in [0.2, 0.25) is 11.8 Å². The molecule has 3 heterocycles. The zero-order valence-corrected chi connectivity index (χ0v) is 12.8. The average molecular weight is 329 g/mol. The summed E-state index contributed by atoms with van der Waals surface area (Å²) >= 11 is 0. The standard InChI is InChI=1S/C17H15NO6/c1-23-16(22)9-3-2-4-10(7-9)18-14(20)12-11-5-6-17(8-19,24-11)13(12)15(18)21/h2-7,11-13,19H,8H2,1H3/t11-,12-,13+,17+/m1/s1. The van der Waals surface area contributed by atoms with E-state index in [2.05, 4.69) is 4.74 Å². The van der Waals surface area contributed by atoms with Crippen LogP contribution in [-0.2, 0) is 19.1 Å². The van der Waals surface area contributed by atoms with E-state index in [1.54, 1.807) is 30.4 Å². The topological polar surface area (TPSA) is 93.1 Å². The summed E-state index contributed by atoms with van der Waals surface area (Å²) in [5.41, 5.74) is -0.562. The number of aliphatic hydroxyl groups excluding tert-OH is 1. The number of benzene rings is 1. The van der Waals surface area contributed by atoms with Gasteiger partial charge in [-0.1, -0.05) is 18.2 Å².